The molecule has 1 aliphatic rings. The van der Waals surface area contributed by atoms with Gasteiger partial charge in [0, 0.05) is 50.2 Å². The molecule has 0 N–H and O–H groups in total. The Hall–Kier alpha value is -3.79. The first-order chi connectivity index (χ1) is 20.1. The molecule has 208 valence electrons. The van der Waals surface area contributed by atoms with Crippen molar-refractivity contribution >= 4 is 29.0 Å². The number of amides is 1. The fourth-order valence-electron chi connectivity index (χ4n) is 4.95. The lowest BCUT2D eigenvalue weighted by Gasteiger charge is -2.34. The van der Waals surface area contributed by atoms with E-state index in [1.54, 1.807) is 11.8 Å². The highest BCUT2D eigenvalue weighted by Gasteiger charge is 2.24. The van der Waals surface area contributed by atoms with Gasteiger partial charge in [-0.05, 0) is 30.2 Å². The number of piperazine rings is 1. The van der Waals surface area contributed by atoms with Gasteiger partial charge >= 0.3 is 0 Å². The summed E-state index contributed by atoms with van der Waals surface area (Å²) in [6.45, 7) is 6.18. The lowest BCUT2D eigenvalue weighted by Crippen LogP contribution is -2.48. The van der Waals surface area contributed by atoms with E-state index in [9.17, 15) is 4.79 Å². The van der Waals surface area contributed by atoms with E-state index in [2.05, 4.69) is 87.3 Å². The molecule has 1 aliphatic heterocycles. The van der Waals surface area contributed by atoms with Crippen LogP contribution in [0.3, 0.4) is 0 Å². The molecule has 7 nitrogen and oxygen atoms in total. The van der Waals surface area contributed by atoms with Gasteiger partial charge in [-0.2, -0.15) is 0 Å². The number of rotatable bonds is 9. The Balaban J connectivity index is 1.10. The number of hydrogen-bond acceptors (Lipinski definition) is 7. The molecular formula is C32H32N6OS2. The maximum absolute atomic E-state index is 13.2. The number of thiazole rings is 1. The molecule has 1 amide bonds. The largest absolute Gasteiger partial charge is 0.335 e. The van der Waals surface area contributed by atoms with E-state index in [1.807, 2.05) is 34.5 Å². The minimum absolute atomic E-state index is 0.0184. The van der Waals surface area contributed by atoms with Crippen molar-refractivity contribution in [1.82, 2.24) is 29.5 Å². The summed E-state index contributed by atoms with van der Waals surface area (Å²) in [4.78, 5) is 22.3. The fraction of sp³-hybridized carbons (Fsp3) is 0.250. The van der Waals surface area contributed by atoms with Crippen molar-refractivity contribution in [3.63, 3.8) is 0 Å². The summed E-state index contributed by atoms with van der Waals surface area (Å²) < 4.78 is 2.13. The number of carbonyl (C=O) groups excluding carboxylic acids is 1. The van der Waals surface area contributed by atoms with Gasteiger partial charge in [0.25, 0.3) is 5.91 Å². The number of aromatic nitrogens is 4. The van der Waals surface area contributed by atoms with Crippen LogP contribution in [0.2, 0.25) is 0 Å². The average molecular weight is 581 g/mol. The predicted molar refractivity (Wildman–Crippen MR) is 165 cm³/mol. The molecule has 41 heavy (non-hydrogen) atoms. The second-order valence-corrected chi connectivity index (χ2v) is 12.1. The van der Waals surface area contributed by atoms with Crippen molar-refractivity contribution in [3.8, 4) is 5.69 Å². The van der Waals surface area contributed by atoms with Crippen LogP contribution in [0.15, 0.2) is 95.5 Å². The molecule has 1 fully saturated rings. The first-order valence-electron chi connectivity index (χ1n) is 13.8. The van der Waals surface area contributed by atoms with E-state index < -0.39 is 0 Å². The Morgan fingerprint density at radius 1 is 0.854 bits per heavy atom. The van der Waals surface area contributed by atoms with Crippen molar-refractivity contribution in [3.05, 3.63) is 124 Å². The quantitative estimate of drug-likeness (QED) is 0.203. The van der Waals surface area contributed by atoms with Crippen molar-refractivity contribution in [1.29, 1.82) is 0 Å². The van der Waals surface area contributed by atoms with E-state index in [1.165, 1.54) is 28.0 Å². The van der Waals surface area contributed by atoms with Gasteiger partial charge in [0.15, 0.2) is 5.16 Å². The third-order valence-electron chi connectivity index (χ3n) is 7.20. The molecule has 5 aromatic rings. The number of benzene rings is 3. The minimum Gasteiger partial charge on any atom is -0.335 e. The summed E-state index contributed by atoms with van der Waals surface area (Å²) in [5, 5.41) is 12.7. The molecule has 0 aliphatic carbocycles. The summed E-state index contributed by atoms with van der Waals surface area (Å²) >= 11 is 3.13. The van der Waals surface area contributed by atoms with Gasteiger partial charge in [-0.15, -0.1) is 21.5 Å². The van der Waals surface area contributed by atoms with Crippen molar-refractivity contribution in [2.75, 3.05) is 26.2 Å². The third kappa shape index (κ3) is 6.75. The van der Waals surface area contributed by atoms with E-state index in [0.29, 0.717) is 17.9 Å². The average Bonchev–Trinajstić information content (AvgIpc) is 3.65. The van der Waals surface area contributed by atoms with Crippen LogP contribution >= 0.6 is 23.1 Å². The molecule has 2 aromatic heterocycles. The molecule has 3 aromatic carbocycles. The maximum Gasteiger partial charge on any atom is 0.273 e. The Labute approximate surface area is 248 Å². The Kier molecular flexibility index (Phi) is 8.55. The van der Waals surface area contributed by atoms with Gasteiger partial charge in [-0.25, -0.2) is 4.98 Å². The maximum atomic E-state index is 13.2. The van der Waals surface area contributed by atoms with Crippen LogP contribution in [0.25, 0.3) is 5.69 Å². The molecule has 0 radical (unpaired) electrons. The van der Waals surface area contributed by atoms with Crippen LogP contribution in [-0.2, 0) is 18.7 Å². The normalized spacial score (nSPS) is 13.9. The summed E-state index contributed by atoms with van der Waals surface area (Å²) in [5.41, 5.74) is 5.27. The number of thioether (sulfide) groups is 1. The van der Waals surface area contributed by atoms with Crippen LogP contribution in [-0.4, -0.2) is 61.6 Å². The van der Waals surface area contributed by atoms with Crippen LogP contribution in [0.4, 0.5) is 0 Å². The monoisotopic (exact) mass is 580 g/mol. The second-order valence-electron chi connectivity index (χ2n) is 10.2. The molecule has 0 bridgehead atoms. The number of aryl methyl sites for hydroxylation is 1. The first kappa shape index (κ1) is 27.4. The van der Waals surface area contributed by atoms with Crippen LogP contribution in [0, 0.1) is 6.92 Å². The highest BCUT2D eigenvalue weighted by atomic mass is 32.2. The van der Waals surface area contributed by atoms with E-state index in [4.69, 9.17) is 4.98 Å². The lowest BCUT2D eigenvalue weighted by atomic mass is 10.1. The Bertz CT molecular complexity index is 1580. The minimum atomic E-state index is 0.0184. The molecule has 0 atom stereocenters. The molecule has 1 saturated heterocycles. The van der Waals surface area contributed by atoms with E-state index >= 15 is 0 Å². The van der Waals surface area contributed by atoms with Gasteiger partial charge in [-0.3, -0.25) is 14.3 Å². The molecule has 0 unspecified atom stereocenters. The van der Waals surface area contributed by atoms with Gasteiger partial charge < -0.3 is 4.90 Å². The standard InChI is InChI=1S/C32H32N6OS2/c1-24-12-14-27(15-13-24)38-29(20-25-8-4-2-5-9-25)34-35-32(38)41-23-30-33-28(22-40-30)31(39)37-18-16-36(17-19-37)21-26-10-6-3-7-11-26/h2-15,22H,16-21,23H2,1H3. The molecule has 9 heteroatoms. The van der Waals surface area contributed by atoms with Crippen LogP contribution in [0.5, 0.6) is 0 Å². The number of carbonyl (C=O) groups is 1. The molecule has 0 saturated carbocycles. The topological polar surface area (TPSA) is 67.2 Å². The SMILES string of the molecule is Cc1ccc(-n2c(Cc3ccccc3)nnc2SCc2nc(C(=O)N3CCN(Cc4ccccc4)CC3)cs2)cc1. The fourth-order valence-corrected chi connectivity index (χ4v) is 6.71. The Morgan fingerprint density at radius 3 is 2.24 bits per heavy atom. The van der Waals surface area contributed by atoms with Gasteiger partial charge in [0.1, 0.15) is 16.5 Å². The van der Waals surface area contributed by atoms with Gasteiger partial charge in [0.2, 0.25) is 0 Å². The Morgan fingerprint density at radius 2 is 1.54 bits per heavy atom. The van der Waals surface area contributed by atoms with Gasteiger partial charge in [0.05, 0.1) is 5.75 Å². The van der Waals surface area contributed by atoms with Crippen LogP contribution < -0.4 is 0 Å². The van der Waals surface area contributed by atoms with Crippen molar-refractivity contribution in [2.45, 2.75) is 30.8 Å². The zero-order valence-corrected chi connectivity index (χ0v) is 24.7. The number of nitrogens with zero attached hydrogens (tertiary/aromatic N) is 6. The highest BCUT2D eigenvalue weighted by Crippen LogP contribution is 2.28. The molecule has 3 heterocycles. The summed E-state index contributed by atoms with van der Waals surface area (Å²) in [5.74, 6) is 1.53. The van der Waals surface area contributed by atoms with E-state index in [0.717, 1.165) is 54.4 Å². The molecular weight excluding hydrogens is 549 g/mol. The van der Waals surface area contributed by atoms with E-state index in [-0.39, 0.29) is 5.91 Å². The van der Waals surface area contributed by atoms with Crippen LogP contribution in [0.1, 0.15) is 38.0 Å². The smallest absolute Gasteiger partial charge is 0.273 e. The zero-order chi connectivity index (χ0) is 28.0. The number of hydrogen-bond donors (Lipinski definition) is 0. The summed E-state index contributed by atoms with van der Waals surface area (Å²) in [7, 11) is 0. The predicted octanol–water partition coefficient (Wildman–Crippen LogP) is 5.87. The summed E-state index contributed by atoms with van der Waals surface area (Å²) in [6.07, 6.45) is 0.691. The van der Waals surface area contributed by atoms with Crippen molar-refractivity contribution in [2.24, 2.45) is 0 Å². The molecule has 6 rings (SSSR count). The first-order valence-corrected chi connectivity index (χ1v) is 15.7. The second kappa shape index (κ2) is 12.8. The van der Waals surface area contributed by atoms with Gasteiger partial charge in [-0.1, -0.05) is 90.1 Å². The third-order valence-corrected chi connectivity index (χ3v) is 9.17. The highest BCUT2D eigenvalue weighted by molar-refractivity contribution is 7.98. The summed E-state index contributed by atoms with van der Waals surface area (Å²) in [6, 6.07) is 29.3. The lowest BCUT2D eigenvalue weighted by molar-refractivity contribution is 0.0623. The van der Waals surface area contributed by atoms with Crippen molar-refractivity contribution < 1.29 is 4.79 Å². The molecule has 0 spiro atoms. The zero-order valence-electron chi connectivity index (χ0n) is 23.0.